The van der Waals surface area contributed by atoms with Crippen LogP contribution in [0.15, 0.2) is 46.9 Å². The number of aryl methyl sites for hydroxylation is 1. The molecule has 3 rings (SSSR count). The lowest BCUT2D eigenvalue weighted by molar-refractivity contribution is -0.118. The molecule has 0 aliphatic rings. The van der Waals surface area contributed by atoms with Gasteiger partial charge in [-0.1, -0.05) is 6.92 Å². The second-order valence-electron chi connectivity index (χ2n) is 6.18. The van der Waals surface area contributed by atoms with Crippen molar-refractivity contribution in [3.05, 3.63) is 48.4 Å². The average molecular weight is 397 g/mol. The number of hydrogen-bond donors (Lipinski definition) is 1. The summed E-state index contributed by atoms with van der Waals surface area (Å²) in [5.41, 5.74) is 1.38. The second-order valence-corrected chi connectivity index (χ2v) is 6.18. The molecule has 0 spiro atoms. The molecular weight excluding hydrogens is 374 g/mol. The fourth-order valence-electron chi connectivity index (χ4n) is 2.64. The fourth-order valence-corrected chi connectivity index (χ4v) is 2.64. The van der Waals surface area contributed by atoms with Crippen molar-refractivity contribution in [3.63, 3.8) is 0 Å². The molecule has 0 unspecified atom stereocenters. The minimum Gasteiger partial charge on any atom is -0.493 e. The third-order valence-electron chi connectivity index (χ3n) is 4.07. The molecule has 0 aliphatic carbocycles. The zero-order valence-corrected chi connectivity index (χ0v) is 16.6. The van der Waals surface area contributed by atoms with Crippen molar-refractivity contribution in [2.75, 3.05) is 26.1 Å². The summed E-state index contributed by atoms with van der Waals surface area (Å²) in [6, 6.07) is 12.3. The first-order valence-electron chi connectivity index (χ1n) is 9.20. The third-order valence-corrected chi connectivity index (χ3v) is 4.07. The number of hydrogen-bond acceptors (Lipinski definition) is 7. The molecule has 0 saturated heterocycles. The van der Waals surface area contributed by atoms with E-state index in [1.807, 2.05) is 12.1 Å². The SMILES string of the molecule is CCCc1nnc(-c2ccc(OCC(=O)Nc3ccc(OC)c(OC)c3)cc2)o1. The summed E-state index contributed by atoms with van der Waals surface area (Å²) in [5, 5.41) is 10.8. The highest BCUT2D eigenvalue weighted by atomic mass is 16.5. The number of nitrogens with zero attached hydrogens (tertiary/aromatic N) is 2. The summed E-state index contributed by atoms with van der Waals surface area (Å²) < 4.78 is 21.5. The molecule has 152 valence electrons. The molecule has 0 radical (unpaired) electrons. The number of benzene rings is 2. The van der Waals surface area contributed by atoms with Gasteiger partial charge in [-0.15, -0.1) is 10.2 Å². The second kappa shape index (κ2) is 9.59. The van der Waals surface area contributed by atoms with Crippen LogP contribution in [0.4, 0.5) is 5.69 Å². The van der Waals surface area contributed by atoms with Gasteiger partial charge in [-0.05, 0) is 42.8 Å². The highest BCUT2D eigenvalue weighted by Crippen LogP contribution is 2.29. The van der Waals surface area contributed by atoms with Crippen LogP contribution in [-0.4, -0.2) is 36.9 Å². The largest absolute Gasteiger partial charge is 0.493 e. The van der Waals surface area contributed by atoms with E-state index in [0.717, 1.165) is 18.4 Å². The zero-order chi connectivity index (χ0) is 20.6. The molecule has 8 nitrogen and oxygen atoms in total. The number of carbonyl (C=O) groups is 1. The van der Waals surface area contributed by atoms with E-state index in [1.54, 1.807) is 37.4 Å². The van der Waals surface area contributed by atoms with Gasteiger partial charge in [0.05, 0.1) is 14.2 Å². The van der Waals surface area contributed by atoms with E-state index in [-0.39, 0.29) is 12.5 Å². The topological polar surface area (TPSA) is 95.7 Å². The van der Waals surface area contributed by atoms with Gasteiger partial charge >= 0.3 is 0 Å². The summed E-state index contributed by atoms with van der Waals surface area (Å²) in [4.78, 5) is 12.2. The van der Waals surface area contributed by atoms with Crippen molar-refractivity contribution in [3.8, 4) is 28.7 Å². The molecular formula is C21H23N3O5. The van der Waals surface area contributed by atoms with Crippen LogP contribution in [0.1, 0.15) is 19.2 Å². The van der Waals surface area contributed by atoms with Gasteiger partial charge in [-0.25, -0.2) is 0 Å². The van der Waals surface area contributed by atoms with E-state index in [4.69, 9.17) is 18.6 Å². The van der Waals surface area contributed by atoms with E-state index < -0.39 is 0 Å². The van der Waals surface area contributed by atoms with Gasteiger partial charge < -0.3 is 23.9 Å². The summed E-state index contributed by atoms with van der Waals surface area (Å²) in [6.07, 6.45) is 1.70. The number of rotatable bonds is 9. The number of ether oxygens (including phenoxy) is 3. The molecule has 0 saturated carbocycles. The lowest BCUT2D eigenvalue weighted by atomic mass is 10.2. The maximum Gasteiger partial charge on any atom is 0.262 e. The van der Waals surface area contributed by atoms with Gasteiger partial charge in [0.25, 0.3) is 5.91 Å². The van der Waals surface area contributed by atoms with Crippen LogP contribution in [0.2, 0.25) is 0 Å². The van der Waals surface area contributed by atoms with Crippen molar-refractivity contribution in [1.29, 1.82) is 0 Å². The highest BCUT2D eigenvalue weighted by Gasteiger charge is 2.10. The molecule has 0 fully saturated rings. The van der Waals surface area contributed by atoms with Crippen LogP contribution in [0.5, 0.6) is 17.2 Å². The Hall–Kier alpha value is -3.55. The lowest BCUT2D eigenvalue weighted by Gasteiger charge is -2.11. The Kier molecular flexibility index (Phi) is 6.67. The molecule has 0 aliphatic heterocycles. The monoisotopic (exact) mass is 397 g/mol. The quantitative estimate of drug-likeness (QED) is 0.588. The molecule has 0 bridgehead atoms. The molecule has 0 atom stereocenters. The van der Waals surface area contributed by atoms with Gasteiger partial charge in [-0.3, -0.25) is 4.79 Å². The Morgan fingerprint density at radius 3 is 2.48 bits per heavy atom. The maximum atomic E-state index is 12.2. The molecule has 1 heterocycles. The molecule has 2 aromatic carbocycles. The lowest BCUT2D eigenvalue weighted by Crippen LogP contribution is -2.20. The van der Waals surface area contributed by atoms with Crippen molar-refractivity contribution < 1.29 is 23.4 Å². The number of aromatic nitrogens is 2. The van der Waals surface area contributed by atoms with E-state index in [2.05, 4.69) is 22.4 Å². The standard InChI is InChI=1S/C21H23N3O5/c1-4-5-20-23-24-21(29-20)14-6-9-16(10-7-14)28-13-19(25)22-15-8-11-17(26-2)18(12-15)27-3/h6-12H,4-5,13H2,1-3H3,(H,22,25). The molecule has 3 aromatic rings. The van der Waals surface area contributed by atoms with E-state index in [1.165, 1.54) is 7.11 Å². The van der Waals surface area contributed by atoms with Crippen LogP contribution < -0.4 is 19.5 Å². The smallest absolute Gasteiger partial charge is 0.262 e. The molecule has 8 heteroatoms. The van der Waals surface area contributed by atoms with Gasteiger partial charge in [0.1, 0.15) is 5.75 Å². The highest BCUT2D eigenvalue weighted by molar-refractivity contribution is 5.92. The van der Waals surface area contributed by atoms with E-state index in [9.17, 15) is 4.79 Å². The Morgan fingerprint density at radius 2 is 1.79 bits per heavy atom. The Bertz CT molecular complexity index is 953. The molecule has 1 aromatic heterocycles. The van der Waals surface area contributed by atoms with Crippen molar-refractivity contribution in [2.24, 2.45) is 0 Å². The fraction of sp³-hybridized carbons (Fsp3) is 0.286. The molecule has 1 amide bonds. The summed E-state index contributed by atoms with van der Waals surface area (Å²) >= 11 is 0. The van der Waals surface area contributed by atoms with Crippen LogP contribution >= 0.6 is 0 Å². The summed E-state index contributed by atoms with van der Waals surface area (Å²) in [7, 11) is 3.09. The summed E-state index contributed by atoms with van der Waals surface area (Å²) in [6.45, 7) is 1.92. The van der Waals surface area contributed by atoms with Gasteiger partial charge in [0.2, 0.25) is 11.8 Å². The Labute approximate surface area is 168 Å². The van der Waals surface area contributed by atoms with Crippen molar-refractivity contribution in [1.82, 2.24) is 10.2 Å². The van der Waals surface area contributed by atoms with Crippen molar-refractivity contribution >= 4 is 11.6 Å². The number of amides is 1. The van der Waals surface area contributed by atoms with Crippen LogP contribution in [0, 0.1) is 0 Å². The maximum absolute atomic E-state index is 12.2. The van der Waals surface area contributed by atoms with Crippen molar-refractivity contribution in [2.45, 2.75) is 19.8 Å². The van der Waals surface area contributed by atoms with E-state index >= 15 is 0 Å². The first-order chi connectivity index (χ1) is 14.1. The minimum absolute atomic E-state index is 0.130. The summed E-state index contributed by atoms with van der Waals surface area (Å²) in [5.74, 6) is 2.47. The third kappa shape index (κ3) is 5.25. The van der Waals surface area contributed by atoms with Gasteiger partial charge in [0, 0.05) is 23.7 Å². The minimum atomic E-state index is -0.289. The zero-order valence-electron chi connectivity index (χ0n) is 16.6. The van der Waals surface area contributed by atoms with Gasteiger partial charge in [0.15, 0.2) is 18.1 Å². The normalized spacial score (nSPS) is 10.4. The molecule has 29 heavy (non-hydrogen) atoms. The first kappa shape index (κ1) is 20.2. The number of methoxy groups -OCH3 is 2. The Balaban J connectivity index is 1.55. The number of nitrogens with one attached hydrogen (secondary N) is 1. The van der Waals surface area contributed by atoms with E-state index in [0.29, 0.717) is 34.7 Å². The number of carbonyl (C=O) groups excluding carboxylic acids is 1. The number of anilines is 1. The Morgan fingerprint density at radius 1 is 1.03 bits per heavy atom. The predicted molar refractivity (Wildman–Crippen MR) is 107 cm³/mol. The average Bonchev–Trinajstić information content (AvgIpc) is 3.21. The van der Waals surface area contributed by atoms with Crippen LogP contribution in [0.3, 0.4) is 0 Å². The van der Waals surface area contributed by atoms with Crippen LogP contribution in [0.25, 0.3) is 11.5 Å². The van der Waals surface area contributed by atoms with Gasteiger partial charge in [-0.2, -0.15) is 0 Å². The first-order valence-corrected chi connectivity index (χ1v) is 9.20. The molecule has 1 N–H and O–H groups in total. The predicted octanol–water partition coefficient (Wildman–Crippen LogP) is 3.72. The van der Waals surface area contributed by atoms with Crippen LogP contribution in [-0.2, 0) is 11.2 Å².